The highest BCUT2D eigenvalue weighted by atomic mass is 15.0. The monoisotopic (exact) mass is 193 g/mol. The molecule has 1 heterocycles. The van der Waals surface area contributed by atoms with Crippen LogP contribution in [0.2, 0.25) is 0 Å². The fourth-order valence-electron chi connectivity index (χ4n) is 0.964. The highest BCUT2D eigenvalue weighted by molar-refractivity contribution is 5.48. The summed E-state index contributed by atoms with van der Waals surface area (Å²) < 4.78 is 0. The van der Waals surface area contributed by atoms with Gasteiger partial charge in [-0.25, -0.2) is 4.98 Å². The summed E-state index contributed by atoms with van der Waals surface area (Å²) in [6, 6.07) is 3.99. The minimum absolute atomic E-state index is 0.215. The van der Waals surface area contributed by atoms with Gasteiger partial charge in [0.05, 0.1) is 0 Å². The fourth-order valence-corrected chi connectivity index (χ4v) is 0.964. The molecule has 0 aliphatic rings. The molecule has 0 amide bonds. The summed E-state index contributed by atoms with van der Waals surface area (Å²) in [6.45, 7) is 8.72. The fraction of sp³-hybridized carbons (Fsp3) is 0.545. The minimum Gasteiger partial charge on any atom is -0.399 e. The quantitative estimate of drug-likeness (QED) is 0.758. The van der Waals surface area contributed by atoms with Gasteiger partial charge in [0, 0.05) is 24.0 Å². The van der Waals surface area contributed by atoms with Gasteiger partial charge in [-0.05, 0) is 18.4 Å². The summed E-state index contributed by atoms with van der Waals surface area (Å²) >= 11 is 0. The number of hydrogen-bond donors (Lipinski definition) is 2. The predicted molar refractivity (Wildman–Crippen MR) is 61.2 cm³/mol. The normalized spacial score (nSPS) is 13.7. The standard InChI is InChI=1S/C11H19N3/c1-8(11(2,3)4)14-10-7-9(12)5-6-13-10/h5-8H,1-4H3,(H3,12,13,14). The van der Waals surface area contributed by atoms with Crippen LogP contribution in [0.4, 0.5) is 11.5 Å². The lowest BCUT2D eigenvalue weighted by molar-refractivity contribution is 0.359. The Morgan fingerprint density at radius 1 is 1.43 bits per heavy atom. The lowest BCUT2D eigenvalue weighted by atomic mass is 9.88. The van der Waals surface area contributed by atoms with Crippen molar-refractivity contribution < 1.29 is 0 Å². The van der Waals surface area contributed by atoms with E-state index >= 15 is 0 Å². The van der Waals surface area contributed by atoms with Crippen LogP contribution in [-0.4, -0.2) is 11.0 Å². The summed E-state index contributed by atoms with van der Waals surface area (Å²) in [4.78, 5) is 4.20. The van der Waals surface area contributed by atoms with Crippen molar-refractivity contribution in [2.75, 3.05) is 11.1 Å². The van der Waals surface area contributed by atoms with Gasteiger partial charge < -0.3 is 11.1 Å². The Bertz CT molecular complexity index is 302. The number of aromatic nitrogens is 1. The number of rotatable bonds is 2. The molecule has 1 aromatic heterocycles. The van der Waals surface area contributed by atoms with E-state index in [1.54, 1.807) is 12.3 Å². The molecule has 1 unspecified atom stereocenters. The van der Waals surface area contributed by atoms with Crippen molar-refractivity contribution in [2.45, 2.75) is 33.7 Å². The summed E-state index contributed by atoms with van der Waals surface area (Å²) in [5.41, 5.74) is 6.62. The van der Waals surface area contributed by atoms with Gasteiger partial charge in [-0.2, -0.15) is 0 Å². The summed E-state index contributed by atoms with van der Waals surface area (Å²) in [6.07, 6.45) is 1.72. The molecule has 0 radical (unpaired) electrons. The largest absolute Gasteiger partial charge is 0.399 e. The number of nitrogen functional groups attached to an aromatic ring is 1. The van der Waals surface area contributed by atoms with E-state index in [0.717, 1.165) is 11.5 Å². The van der Waals surface area contributed by atoms with Gasteiger partial charge in [-0.15, -0.1) is 0 Å². The summed E-state index contributed by atoms with van der Waals surface area (Å²) in [5.74, 6) is 0.840. The van der Waals surface area contributed by atoms with Crippen molar-refractivity contribution in [3.8, 4) is 0 Å². The van der Waals surface area contributed by atoms with Gasteiger partial charge in [-0.1, -0.05) is 20.8 Å². The van der Waals surface area contributed by atoms with Crippen LogP contribution in [0.15, 0.2) is 18.3 Å². The molecule has 0 aromatic carbocycles. The Morgan fingerprint density at radius 3 is 2.57 bits per heavy atom. The SMILES string of the molecule is CC(Nc1cc(N)ccn1)C(C)(C)C. The molecule has 1 rings (SSSR count). The van der Waals surface area contributed by atoms with Crippen molar-refractivity contribution in [1.29, 1.82) is 0 Å². The van der Waals surface area contributed by atoms with Gasteiger partial charge in [0.1, 0.15) is 5.82 Å². The van der Waals surface area contributed by atoms with Gasteiger partial charge in [-0.3, -0.25) is 0 Å². The van der Waals surface area contributed by atoms with Gasteiger partial charge in [0.2, 0.25) is 0 Å². The molecule has 0 aliphatic carbocycles. The van der Waals surface area contributed by atoms with Crippen LogP contribution in [-0.2, 0) is 0 Å². The first-order chi connectivity index (χ1) is 6.39. The average molecular weight is 193 g/mol. The van der Waals surface area contributed by atoms with E-state index in [4.69, 9.17) is 5.73 Å². The molecular formula is C11H19N3. The van der Waals surface area contributed by atoms with E-state index in [1.807, 2.05) is 6.07 Å². The molecule has 1 aromatic rings. The number of pyridine rings is 1. The minimum atomic E-state index is 0.215. The van der Waals surface area contributed by atoms with Crippen LogP contribution in [0.3, 0.4) is 0 Å². The third-order valence-electron chi connectivity index (χ3n) is 2.45. The van der Waals surface area contributed by atoms with E-state index in [-0.39, 0.29) is 5.41 Å². The topological polar surface area (TPSA) is 50.9 Å². The van der Waals surface area contributed by atoms with Crippen LogP contribution in [0.5, 0.6) is 0 Å². The third-order valence-corrected chi connectivity index (χ3v) is 2.45. The maximum Gasteiger partial charge on any atom is 0.128 e. The van der Waals surface area contributed by atoms with Crippen LogP contribution in [0, 0.1) is 5.41 Å². The number of hydrogen-bond acceptors (Lipinski definition) is 3. The highest BCUT2D eigenvalue weighted by Gasteiger charge is 2.19. The van der Waals surface area contributed by atoms with Crippen LogP contribution in [0.25, 0.3) is 0 Å². The number of nitrogens with zero attached hydrogens (tertiary/aromatic N) is 1. The number of anilines is 2. The first-order valence-electron chi connectivity index (χ1n) is 4.87. The molecule has 0 fully saturated rings. The van der Waals surface area contributed by atoms with E-state index in [0.29, 0.717) is 6.04 Å². The second-order valence-electron chi connectivity index (χ2n) is 4.71. The Balaban J connectivity index is 2.70. The van der Waals surface area contributed by atoms with E-state index < -0.39 is 0 Å². The first-order valence-corrected chi connectivity index (χ1v) is 4.87. The maximum absolute atomic E-state index is 5.66. The second kappa shape index (κ2) is 3.86. The van der Waals surface area contributed by atoms with E-state index in [1.165, 1.54) is 0 Å². The Hall–Kier alpha value is -1.25. The molecular weight excluding hydrogens is 174 g/mol. The van der Waals surface area contributed by atoms with Gasteiger partial charge in [0.25, 0.3) is 0 Å². The maximum atomic E-state index is 5.66. The highest BCUT2D eigenvalue weighted by Crippen LogP contribution is 2.22. The van der Waals surface area contributed by atoms with Gasteiger partial charge >= 0.3 is 0 Å². The first kappa shape index (κ1) is 10.8. The van der Waals surface area contributed by atoms with E-state index in [2.05, 4.69) is 38.0 Å². The molecule has 0 bridgehead atoms. The lowest BCUT2D eigenvalue weighted by Gasteiger charge is -2.28. The Morgan fingerprint density at radius 2 is 2.07 bits per heavy atom. The van der Waals surface area contributed by atoms with Crippen LogP contribution in [0.1, 0.15) is 27.7 Å². The van der Waals surface area contributed by atoms with E-state index in [9.17, 15) is 0 Å². The molecule has 3 nitrogen and oxygen atoms in total. The summed E-state index contributed by atoms with van der Waals surface area (Å²) in [5, 5.41) is 3.33. The van der Waals surface area contributed by atoms with Crippen LogP contribution < -0.4 is 11.1 Å². The van der Waals surface area contributed by atoms with Crippen molar-refractivity contribution in [3.63, 3.8) is 0 Å². The van der Waals surface area contributed by atoms with Crippen LogP contribution >= 0.6 is 0 Å². The van der Waals surface area contributed by atoms with Crippen molar-refractivity contribution in [2.24, 2.45) is 5.41 Å². The third kappa shape index (κ3) is 2.91. The Labute approximate surface area is 85.7 Å². The smallest absolute Gasteiger partial charge is 0.128 e. The number of nitrogens with one attached hydrogen (secondary N) is 1. The Kier molecular flexibility index (Phi) is 2.99. The molecule has 3 N–H and O–H groups in total. The molecule has 0 saturated carbocycles. The van der Waals surface area contributed by atoms with Crippen molar-refractivity contribution in [3.05, 3.63) is 18.3 Å². The molecule has 0 aliphatic heterocycles. The second-order valence-corrected chi connectivity index (χ2v) is 4.71. The molecule has 0 saturated heterocycles. The molecule has 78 valence electrons. The molecule has 1 atom stereocenters. The number of nitrogens with two attached hydrogens (primary N) is 1. The summed E-state index contributed by atoms with van der Waals surface area (Å²) in [7, 11) is 0. The van der Waals surface area contributed by atoms with Gasteiger partial charge in [0.15, 0.2) is 0 Å². The zero-order valence-electron chi connectivity index (χ0n) is 9.33. The zero-order chi connectivity index (χ0) is 10.8. The lowest BCUT2D eigenvalue weighted by Crippen LogP contribution is -2.31. The zero-order valence-corrected chi connectivity index (χ0v) is 9.33. The molecule has 14 heavy (non-hydrogen) atoms. The molecule has 0 spiro atoms. The molecule has 3 heteroatoms. The average Bonchev–Trinajstić information content (AvgIpc) is 2.02. The van der Waals surface area contributed by atoms with Crippen molar-refractivity contribution >= 4 is 11.5 Å². The predicted octanol–water partition coefficient (Wildman–Crippen LogP) is 2.51. The van der Waals surface area contributed by atoms with Crippen molar-refractivity contribution in [1.82, 2.24) is 4.98 Å².